The summed E-state index contributed by atoms with van der Waals surface area (Å²) >= 11 is 0. The zero-order chi connectivity index (χ0) is 20.1. The number of hydrogen-bond acceptors (Lipinski definition) is 3. The summed E-state index contributed by atoms with van der Waals surface area (Å²) in [5, 5.41) is 6.42. The number of halogens is 1. The van der Waals surface area contributed by atoms with Gasteiger partial charge in [-0.25, -0.2) is 4.39 Å². The van der Waals surface area contributed by atoms with Gasteiger partial charge in [0.25, 0.3) is 0 Å². The number of fused-ring (bicyclic) bond motifs is 1. The number of para-hydroxylation sites is 1. The van der Waals surface area contributed by atoms with Gasteiger partial charge in [0, 0.05) is 18.1 Å². The zero-order valence-electron chi connectivity index (χ0n) is 15.8. The zero-order valence-corrected chi connectivity index (χ0v) is 15.8. The van der Waals surface area contributed by atoms with Crippen molar-refractivity contribution in [2.45, 2.75) is 20.3 Å². The van der Waals surface area contributed by atoms with Gasteiger partial charge in [-0.15, -0.1) is 0 Å². The maximum atomic E-state index is 13.7. The minimum Gasteiger partial charge on any atom is -0.355 e. The molecule has 6 heteroatoms. The van der Waals surface area contributed by atoms with E-state index in [4.69, 9.17) is 0 Å². The van der Waals surface area contributed by atoms with E-state index in [1.54, 1.807) is 44.3 Å². The van der Waals surface area contributed by atoms with Gasteiger partial charge in [-0.3, -0.25) is 14.6 Å². The van der Waals surface area contributed by atoms with Gasteiger partial charge in [-0.1, -0.05) is 36.4 Å². The van der Waals surface area contributed by atoms with E-state index in [-0.39, 0.29) is 12.4 Å². The lowest BCUT2D eigenvalue weighted by Gasteiger charge is -2.23. The van der Waals surface area contributed by atoms with Crippen molar-refractivity contribution in [3.05, 3.63) is 72.2 Å². The highest BCUT2D eigenvalue weighted by Crippen LogP contribution is 2.24. The van der Waals surface area contributed by atoms with Crippen molar-refractivity contribution >= 4 is 28.4 Å². The predicted octanol–water partition coefficient (Wildman–Crippen LogP) is 3.70. The molecule has 0 saturated carbocycles. The van der Waals surface area contributed by atoms with Gasteiger partial charge in [-0.2, -0.15) is 0 Å². The minimum atomic E-state index is -1.30. The molecule has 144 valence electrons. The quantitative estimate of drug-likeness (QED) is 0.642. The van der Waals surface area contributed by atoms with Crippen molar-refractivity contribution in [3.63, 3.8) is 0 Å². The van der Waals surface area contributed by atoms with Crippen LogP contribution in [0.2, 0.25) is 0 Å². The van der Waals surface area contributed by atoms with Crippen LogP contribution in [0.4, 0.5) is 10.1 Å². The SMILES string of the molecule is CC(C)(C(=O)NCCc1ccccc1F)C(=O)Nc1cccc2cccnc12. The monoisotopic (exact) mass is 379 g/mol. The molecule has 0 aliphatic carbocycles. The van der Waals surface area contributed by atoms with Crippen LogP contribution in [0.1, 0.15) is 19.4 Å². The lowest BCUT2D eigenvalue weighted by atomic mass is 9.90. The lowest BCUT2D eigenvalue weighted by molar-refractivity contribution is -0.138. The number of nitrogens with one attached hydrogen (secondary N) is 2. The molecular formula is C22H22FN3O2. The second-order valence-electron chi connectivity index (χ2n) is 7.06. The summed E-state index contributed by atoms with van der Waals surface area (Å²) < 4.78 is 13.7. The standard InChI is InChI=1S/C22H22FN3O2/c1-22(2,20(27)25-14-12-15-7-3-4-10-17(15)23)21(28)26-18-11-5-8-16-9-6-13-24-19(16)18/h3-11,13H,12,14H2,1-2H3,(H,25,27)(H,26,28). The molecule has 3 rings (SSSR count). The van der Waals surface area contributed by atoms with Gasteiger partial charge in [-0.05, 0) is 44.0 Å². The van der Waals surface area contributed by atoms with Crippen LogP contribution in [-0.2, 0) is 16.0 Å². The molecule has 0 aliphatic heterocycles. The molecule has 5 nitrogen and oxygen atoms in total. The fraction of sp³-hybridized carbons (Fsp3) is 0.227. The van der Waals surface area contributed by atoms with Crippen LogP contribution in [0.25, 0.3) is 10.9 Å². The van der Waals surface area contributed by atoms with E-state index in [2.05, 4.69) is 15.6 Å². The summed E-state index contributed by atoms with van der Waals surface area (Å²) in [5.74, 6) is -1.17. The van der Waals surface area contributed by atoms with Gasteiger partial charge in [0.2, 0.25) is 11.8 Å². The third-order valence-corrected chi connectivity index (χ3v) is 4.65. The molecule has 2 aromatic carbocycles. The van der Waals surface area contributed by atoms with Crippen molar-refractivity contribution < 1.29 is 14.0 Å². The average Bonchev–Trinajstić information content (AvgIpc) is 2.69. The molecule has 28 heavy (non-hydrogen) atoms. The average molecular weight is 379 g/mol. The molecule has 3 aromatic rings. The number of amides is 2. The molecule has 0 aliphatic rings. The Bertz CT molecular complexity index is 1010. The summed E-state index contributed by atoms with van der Waals surface area (Å²) in [7, 11) is 0. The van der Waals surface area contributed by atoms with Crippen molar-refractivity contribution in [2.24, 2.45) is 5.41 Å². The number of pyridine rings is 1. The van der Waals surface area contributed by atoms with Gasteiger partial charge >= 0.3 is 0 Å². The Hall–Kier alpha value is -3.28. The highest BCUT2D eigenvalue weighted by atomic mass is 19.1. The van der Waals surface area contributed by atoms with E-state index in [1.807, 2.05) is 24.3 Å². The lowest BCUT2D eigenvalue weighted by Crippen LogP contribution is -2.45. The van der Waals surface area contributed by atoms with Crippen LogP contribution < -0.4 is 10.6 Å². The highest BCUT2D eigenvalue weighted by Gasteiger charge is 2.36. The summed E-state index contributed by atoms with van der Waals surface area (Å²) in [6.45, 7) is 3.35. The first-order valence-corrected chi connectivity index (χ1v) is 9.06. The van der Waals surface area contributed by atoms with E-state index < -0.39 is 17.2 Å². The van der Waals surface area contributed by atoms with Crippen molar-refractivity contribution in [2.75, 3.05) is 11.9 Å². The van der Waals surface area contributed by atoms with Crippen LogP contribution in [0, 0.1) is 11.2 Å². The van der Waals surface area contributed by atoms with Gasteiger partial charge in [0.15, 0.2) is 0 Å². The Morgan fingerprint density at radius 2 is 1.75 bits per heavy atom. The smallest absolute Gasteiger partial charge is 0.239 e. The molecule has 0 spiro atoms. The number of rotatable bonds is 6. The maximum absolute atomic E-state index is 13.7. The number of carbonyl (C=O) groups is 2. The topological polar surface area (TPSA) is 71.1 Å². The molecule has 0 fully saturated rings. The molecule has 2 amide bonds. The van der Waals surface area contributed by atoms with Crippen LogP contribution in [0.3, 0.4) is 0 Å². The van der Waals surface area contributed by atoms with Crippen molar-refractivity contribution in [1.29, 1.82) is 0 Å². The fourth-order valence-corrected chi connectivity index (χ4v) is 2.82. The second-order valence-corrected chi connectivity index (χ2v) is 7.06. The van der Waals surface area contributed by atoms with Gasteiger partial charge in [0.1, 0.15) is 11.2 Å². The fourth-order valence-electron chi connectivity index (χ4n) is 2.82. The van der Waals surface area contributed by atoms with E-state index in [1.165, 1.54) is 6.07 Å². The first-order chi connectivity index (χ1) is 13.4. The van der Waals surface area contributed by atoms with Crippen LogP contribution in [0.5, 0.6) is 0 Å². The Balaban J connectivity index is 1.64. The summed E-state index contributed by atoms with van der Waals surface area (Å²) in [6.07, 6.45) is 2.00. The van der Waals surface area contributed by atoms with Gasteiger partial charge < -0.3 is 10.6 Å². The molecule has 2 N–H and O–H groups in total. The van der Waals surface area contributed by atoms with E-state index in [0.29, 0.717) is 23.2 Å². The van der Waals surface area contributed by atoms with Crippen molar-refractivity contribution in [3.8, 4) is 0 Å². The Morgan fingerprint density at radius 1 is 1.00 bits per heavy atom. The number of nitrogens with zero attached hydrogens (tertiary/aromatic N) is 1. The maximum Gasteiger partial charge on any atom is 0.239 e. The third kappa shape index (κ3) is 4.17. The molecule has 0 saturated heterocycles. The number of benzene rings is 2. The first kappa shape index (κ1) is 19.5. The Morgan fingerprint density at radius 3 is 2.54 bits per heavy atom. The number of anilines is 1. The van der Waals surface area contributed by atoms with Crippen molar-refractivity contribution in [1.82, 2.24) is 10.3 Å². The molecule has 1 aromatic heterocycles. The first-order valence-electron chi connectivity index (χ1n) is 9.06. The Labute approximate surface area is 163 Å². The van der Waals surface area contributed by atoms with E-state index in [0.717, 1.165) is 5.39 Å². The predicted molar refractivity (Wildman–Crippen MR) is 107 cm³/mol. The summed E-state index contributed by atoms with van der Waals surface area (Å²) in [6, 6.07) is 15.6. The minimum absolute atomic E-state index is 0.242. The van der Waals surface area contributed by atoms with E-state index in [9.17, 15) is 14.0 Å². The van der Waals surface area contributed by atoms with Crippen LogP contribution in [-0.4, -0.2) is 23.3 Å². The summed E-state index contributed by atoms with van der Waals surface area (Å²) in [5.41, 5.74) is 0.433. The molecule has 0 bridgehead atoms. The highest BCUT2D eigenvalue weighted by molar-refractivity contribution is 6.12. The summed E-state index contributed by atoms with van der Waals surface area (Å²) in [4.78, 5) is 29.6. The normalized spacial score (nSPS) is 11.2. The number of aromatic nitrogens is 1. The van der Waals surface area contributed by atoms with Gasteiger partial charge in [0.05, 0.1) is 11.2 Å². The largest absolute Gasteiger partial charge is 0.355 e. The molecule has 0 unspecified atom stereocenters. The number of carbonyl (C=O) groups excluding carboxylic acids is 2. The van der Waals surface area contributed by atoms with E-state index >= 15 is 0 Å². The molecular weight excluding hydrogens is 357 g/mol. The second kappa shape index (κ2) is 8.17. The number of hydrogen-bond donors (Lipinski definition) is 2. The third-order valence-electron chi connectivity index (χ3n) is 4.65. The molecule has 0 atom stereocenters. The molecule has 1 heterocycles. The van der Waals surface area contributed by atoms with Crippen LogP contribution in [0.15, 0.2) is 60.8 Å². The Kier molecular flexibility index (Phi) is 5.68. The molecule has 0 radical (unpaired) electrons. The van der Waals surface area contributed by atoms with Crippen LogP contribution >= 0.6 is 0 Å².